The van der Waals surface area contributed by atoms with Crippen molar-refractivity contribution in [1.82, 2.24) is 9.97 Å². The van der Waals surface area contributed by atoms with Gasteiger partial charge < -0.3 is 9.64 Å². The molecule has 4 nitrogen and oxygen atoms in total. The van der Waals surface area contributed by atoms with Crippen molar-refractivity contribution >= 4 is 5.95 Å². The monoisotopic (exact) mass is 323 g/mol. The van der Waals surface area contributed by atoms with Crippen molar-refractivity contribution in [2.45, 2.75) is 19.2 Å². The summed E-state index contributed by atoms with van der Waals surface area (Å²) in [5.74, 6) is 0.0849. The van der Waals surface area contributed by atoms with Crippen LogP contribution in [-0.4, -0.2) is 29.7 Å². The molecule has 1 aromatic carbocycles. The van der Waals surface area contributed by atoms with Crippen LogP contribution < -0.4 is 4.90 Å². The van der Waals surface area contributed by atoms with Crippen LogP contribution >= 0.6 is 0 Å². The van der Waals surface area contributed by atoms with E-state index in [2.05, 4.69) is 9.97 Å². The Morgan fingerprint density at radius 3 is 2.74 bits per heavy atom. The second kappa shape index (κ2) is 6.16. The molecular formula is C16H16F3N3O. The van der Waals surface area contributed by atoms with Crippen LogP contribution in [0.15, 0.2) is 36.5 Å². The summed E-state index contributed by atoms with van der Waals surface area (Å²) in [6.07, 6.45) is -3.54. The van der Waals surface area contributed by atoms with Gasteiger partial charge in [0.15, 0.2) is 0 Å². The van der Waals surface area contributed by atoms with E-state index in [1.165, 1.54) is 0 Å². The predicted octanol–water partition coefficient (Wildman–Crippen LogP) is 3.38. The van der Waals surface area contributed by atoms with Crippen LogP contribution in [0.2, 0.25) is 0 Å². The maximum absolute atomic E-state index is 12.8. The minimum atomic E-state index is -4.47. The van der Waals surface area contributed by atoms with E-state index in [1.807, 2.05) is 31.2 Å². The van der Waals surface area contributed by atoms with Crippen LogP contribution in [0.1, 0.15) is 22.9 Å². The van der Waals surface area contributed by atoms with Gasteiger partial charge in [-0.15, -0.1) is 0 Å². The molecule has 0 bridgehead atoms. The molecule has 2 heterocycles. The van der Waals surface area contributed by atoms with Gasteiger partial charge in [-0.1, -0.05) is 24.3 Å². The third-order valence-electron chi connectivity index (χ3n) is 3.82. The predicted molar refractivity (Wildman–Crippen MR) is 79.1 cm³/mol. The molecule has 0 amide bonds. The van der Waals surface area contributed by atoms with Crippen molar-refractivity contribution in [2.24, 2.45) is 0 Å². The molecule has 7 heteroatoms. The molecule has 1 unspecified atom stereocenters. The first-order chi connectivity index (χ1) is 10.9. The zero-order valence-corrected chi connectivity index (χ0v) is 12.5. The Bertz CT molecular complexity index is 690. The van der Waals surface area contributed by atoms with Gasteiger partial charge in [0, 0.05) is 12.7 Å². The number of benzene rings is 1. The third kappa shape index (κ3) is 3.44. The average molecular weight is 323 g/mol. The molecule has 0 saturated carbocycles. The average Bonchev–Trinajstić information content (AvgIpc) is 2.55. The lowest BCUT2D eigenvalue weighted by Gasteiger charge is -2.33. The number of hydrogen-bond donors (Lipinski definition) is 0. The van der Waals surface area contributed by atoms with E-state index in [4.69, 9.17) is 4.74 Å². The van der Waals surface area contributed by atoms with Crippen molar-refractivity contribution in [1.29, 1.82) is 0 Å². The Kier molecular flexibility index (Phi) is 4.21. The summed E-state index contributed by atoms with van der Waals surface area (Å²) < 4.78 is 44.2. The maximum atomic E-state index is 12.8. The highest BCUT2D eigenvalue weighted by atomic mass is 19.4. The molecule has 1 fully saturated rings. The van der Waals surface area contributed by atoms with Gasteiger partial charge in [-0.3, -0.25) is 0 Å². The zero-order chi connectivity index (χ0) is 16.4. The number of nitrogens with zero attached hydrogens (tertiary/aromatic N) is 3. The third-order valence-corrected chi connectivity index (χ3v) is 3.82. The molecule has 1 saturated heterocycles. The molecule has 1 aromatic heterocycles. The van der Waals surface area contributed by atoms with Crippen LogP contribution in [0.3, 0.4) is 0 Å². The van der Waals surface area contributed by atoms with E-state index in [0.29, 0.717) is 19.7 Å². The largest absolute Gasteiger partial charge is 0.433 e. The molecule has 3 rings (SSSR count). The number of aromatic nitrogens is 2. The number of aryl methyl sites for hydroxylation is 1. The van der Waals surface area contributed by atoms with Gasteiger partial charge in [-0.25, -0.2) is 9.97 Å². The quantitative estimate of drug-likeness (QED) is 0.849. The van der Waals surface area contributed by atoms with Gasteiger partial charge >= 0.3 is 6.18 Å². The first-order valence-electron chi connectivity index (χ1n) is 7.27. The summed E-state index contributed by atoms with van der Waals surface area (Å²) in [5, 5.41) is 0. The van der Waals surface area contributed by atoms with E-state index >= 15 is 0 Å². The molecule has 0 radical (unpaired) electrons. The van der Waals surface area contributed by atoms with Crippen molar-refractivity contribution < 1.29 is 17.9 Å². The Morgan fingerprint density at radius 1 is 1.22 bits per heavy atom. The molecule has 1 atom stereocenters. The SMILES string of the molecule is Cc1ccccc1C1CN(c2nccc(C(F)(F)F)n2)CCO1. The Balaban J connectivity index is 1.83. The minimum absolute atomic E-state index is 0.0849. The number of ether oxygens (including phenoxy) is 1. The fourth-order valence-electron chi connectivity index (χ4n) is 2.63. The molecule has 2 aromatic rings. The zero-order valence-electron chi connectivity index (χ0n) is 12.5. The molecule has 122 valence electrons. The summed E-state index contributed by atoms with van der Waals surface area (Å²) in [7, 11) is 0. The lowest BCUT2D eigenvalue weighted by Crippen LogP contribution is -2.39. The molecular weight excluding hydrogens is 307 g/mol. The fraction of sp³-hybridized carbons (Fsp3) is 0.375. The molecule has 0 aliphatic carbocycles. The Morgan fingerprint density at radius 2 is 2.00 bits per heavy atom. The maximum Gasteiger partial charge on any atom is 0.433 e. The highest BCUT2D eigenvalue weighted by molar-refractivity contribution is 5.35. The topological polar surface area (TPSA) is 38.2 Å². The van der Waals surface area contributed by atoms with Crippen LogP contribution in [-0.2, 0) is 10.9 Å². The highest BCUT2D eigenvalue weighted by Gasteiger charge is 2.34. The van der Waals surface area contributed by atoms with Crippen LogP contribution in [0.4, 0.5) is 19.1 Å². The number of anilines is 1. The van der Waals surface area contributed by atoms with E-state index in [0.717, 1.165) is 23.4 Å². The lowest BCUT2D eigenvalue weighted by molar-refractivity contribution is -0.141. The summed E-state index contributed by atoms with van der Waals surface area (Å²) in [5.41, 5.74) is 1.19. The first kappa shape index (κ1) is 15.7. The van der Waals surface area contributed by atoms with Crippen LogP contribution in [0.5, 0.6) is 0 Å². The number of rotatable bonds is 2. The van der Waals surface area contributed by atoms with Crippen LogP contribution in [0.25, 0.3) is 0 Å². The molecule has 0 spiro atoms. The molecule has 0 N–H and O–H groups in total. The lowest BCUT2D eigenvalue weighted by atomic mass is 10.0. The van der Waals surface area contributed by atoms with Gasteiger partial charge in [0.1, 0.15) is 11.8 Å². The minimum Gasteiger partial charge on any atom is -0.370 e. The number of alkyl halides is 3. The summed E-state index contributed by atoms with van der Waals surface area (Å²) in [6, 6.07) is 8.69. The molecule has 23 heavy (non-hydrogen) atoms. The van der Waals surface area contributed by atoms with Gasteiger partial charge in [0.25, 0.3) is 0 Å². The van der Waals surface area contributed by atoms with Gasteiger partial charge in [-0.05, 0) is 24.1 Å². The fourth-order valence-corrected chi connectivity index (χ4v) is 2.63. The van der Waals surface area contributed by atoms with E-state index in [1.54, 1.807) is 4.90 Å². The first-order valence-corrected chi connectivity index (χ1v) is 7.27. The Labute approximate surface area is 131 Å². The van der Waals surface area contributed by atoms with Gasteiger partial charge in [-0.2, -0.15) is 13.2 Å². The number of hydrogen-bond acceptors (Lipinski definition) is 4. The number of morpholine rings is 1. The second-order valence-electron chi connectivity index (χ2n) is 5.40. The van der Waals surface area contributed by atoms with Gasteiger partial charge in [0.2, 0.25) is 5.95 Å². The molecule has 1 aliphatic heterocycles. The van der Waals surface area contributed by atoms with E-state index in [-0.39, 0.29) is 12.1 Å². The second-order valence-corrected chi connectivity index (χ2v) is 5.40. The summed E-state index contributed by atoms with van der Waals surface area (Å²) >= 11 is 0. The standard InChI is InChI=1S/C16H16F3N3O/c1-11-4-2-3-5-12(11)13-10-22(8-9-23-13)15-20-7-6-14(21-15)16(17,18)19/h2-7,13H,8-10H2,1H3. The van der Waals surface area contributed by atoms with Gasteiger partial charge in [0.05, 0.1) is 13.2 Å². The summed E-state index contributed by atoms with van der Waals surface area (Å²) in [4.78, 5) is 9.37. The molecule has 1 aliphatic rings. The van der Waals surface area contributed by atoms with Crippen molar-refractivity contribution in [3.8, 4) is 0 Å². The highest BCUT2D eigenvalue weighted by Crippen LogP contribution is 2.30. The smallest absolute Gasteiger partial charge is 0.370 e. The normalized spacial score (nSPS) is 19.0. The van der Waals surface area contributed by atoms with Crippen molar-refractivity contribution in [2.75, 3.05) is 24.6 Å². The van der Waals surface area contributed by atoms with E-state index in [9.17, 15) is 13.2 Å². The van der Waals surface area contributed by atoms with Crippen molar-refractivity contribution in [3.63, 3.8) is 0 Å². The van der Waals surface area contributed by atoms with Crippen LogP contribution in [0, 0.1) is 6.92 Å². The van der Waals surface area contributed by atoms with Crippen molar-refractivity contribution in [3.05, 3.63) is 53.3 Å². The van der Waals surface area contributed by atoms with E-state index < -0.39 is 11.9 Å². The Hall–Kier alpha value is -2.15. The summed E-state index contributed by atoms with van der Waals surface area (Å²) in [6.45, 7) is 3.28. The number of halogens is 3.